The van der Waals surface area contributed by atoms with E-state index in [1.165, 1.54) is 18.2 Å². The number of hydrogen-bond donors (Lipinski definition) is 1. The summed E-state index contributed by atoms with van der Waals surface area (Å²) in [5.41, 5.74) is 0.482. The molecule has 2 rings (SSSR count). The summed E-state index contributed by atoms with van der Waals surface area (Å²) in [6.45, 7) is 0. The fourth-order valence-electron chi connectivity index (χ4n) is 1.15. The molecule has 0 bridgehead atoms. The van der Waals surface area contributed by atoms with Gasteiger partial charge in [0, 0.05) is 0 Å². The number of carbonyl (C=O) groups is 2. The summed E-state index contributed by atoms with van der Waals surface area (Å²) < 4.78 is 21.2. The average Bonchev–Trinajstić information content (AvgIpc) is 2.19. The Morgan fingerprint density at radius 1 is 1.20 bits per heavy atom. The lowest BCUT2D eigenvalue weighted by molar-refractivity contribution is -0.136. The molecule has 6 nitrogen and oxygen atoms in total. The maximum absolute atomic E-state index is 10.9. The second-order valence-electron chi connectivity index (χ2n) is 2.78. The van der Waals surface area contributed by atoms with Gasteiger partial charge in [-0.3, -0.25) is 9.59 Å². The average molecular weight is 224 g/mol. The van der Waals surface area contributed by atoms with Gasteiger partial charge in [0.25, 0.3) is 0 Å². The van der Waals surface area contributed by atoms with Crippen molar-refractivity contribution >= 4 is 32.7 Å². The van der Waals surface area contributed by atoms with Crippen LogP contribution in [0.15, 0.2) is 28.9 Å². The van der Waals surface area contributed by atoms with Gasteiger partial charge in [0.2, 0.25) is 10.3 Å². The summed E-state index contributed by atoms with van der Waals surface area (Å²) in [4.78, 5) is 25.3. The molecule has 1 heterocycles. The molecular formula is C8H4N2O4S. The van der Waals surface area contributed by atoms with Gasteiger partial charge in [0.15, 0.2) is 0 Å². The Morgan fingerprint density at radius 2 is 1.93 bits per heavy atom. The van der Waals surface area contributed by atoms with Crippen LogP contribution in [0.2, 0.25) is 0 Å². The molecular weight excluding hydrogens is 220 g/mol. The van der Waals surface area contributed by atoms with Crippen molar-refractivity contribution in [3.8, 4) is 0 Å². The van der Waals surface area contributed by atoms with Crippen molar-refractivity contribution in [1.82, 2.24) is 5.32 Å². The third kappa shape index (κ3) is 1.64. The predicted molar refractivity (Wildman–Crippen MR) is 51.7 cm³/mol. The number of rotatable bonds is 0. The van der Waals surface area contributed by atoms with Crippen molar-refractivity contribution in [2.45, 2.75) is 0 Å². The molecule has 2 aliphatic rings. The molecule has 0 saturated carbocycles. The highest BCUT2D eigenvalue weighted by Gasteiger charge is 2.24. The second kappa shape index (κ2) is 3.28. The van der Waals surface area contributed by atoms with E-state index in [-0.39, 0.29) is 16.3 Å². The quantitative estimate of drug-likeness (QED) is 0.404. The molecule has 1 aliphatic heterocycles. The fourth-order valence-corrected chi connectivity index (χ4v) is 1.55. The molecule has 0 aromatic carbocycles. The van der Waals surface area contributed by atoms with Gasteiger partial charge in [-0.1, -0.05) is 0 Å². The van der Waals surface area contributed by atoms with E-state index in [0.717, 1.165) is 0 Å². The largest absolute Gasteiger partial charge is 0.335 e. The highest BCUT2D eigenvalue weighted by molar-refractivity contribution is 7.73. The van der Waals surface area contributed by atoms with Gasteiger partial charge in [-0.25, -0.2) is 4.99 Å². The maximum Gasteiger partial charge on any atom is 0.335 e. The monoisotopic (exact) mass is 224 g/mol. The van der Waals surface area contributed by atoms with Crippen LogP contribution in [-0.2, 0) is 19.9 Å². The summed E-state index contributed by atoms with van der Waals surface area (Å²) in [7, 11) is -2.37. The van der Waals surface area contributed by atoms with Crippen LogP contribution in [0.25, 0.3) is 0 Å². The molecule has 7 heteroatoms. The molecule has 1 aliphatic carbocycles. The van der Waals surface area contributed by atoms with Crippen LogP contribution in [0.3, 0.4) is 0 Å². The Labute approximate surface area is 85.5 Å². The van der Waals surface area contributed by atoms with Crippen LogP contribution in [0, 0.1) is 0 Å². The predicted octanol–water partition coefficient (Wildman–Crippen LogP) is -1.41. The molecule has 0 atom stereocenters. The van der Waals surface area contributed by atoms with Gasteiger partial charge < -0.3 is 5.32 Å². The molecule has 1 N–H and O–H groups in total. The maximum atomic E-state index is 10.9. The van der Waals surface area contributed by atoms with Crippen molar-refractivity contribution in [3.05, 3.63) is 23.9 Å². The molecule has 0 aromatic heterocycles. The number of allylic oxidation sites excluding steroid dienone is 3. The Morgan fingerprint density at radius 3 is 2.60 bits per heavy atom. The minimum Gasteiger partial charge on any atom is -0.316 e. The zero-order valence-corrected chi connectivity index (χ0v) is 8.04. The molecule has 0 spiro atoms. The van der Waals surface area contributed by atoms with Crippen LogP contribution in [-0.4, -0.2) is 30.8 Å². The number of amides is 2. The summed E-state index contributed by atoms with van der Waals surface area (Å²) in [5.74, 6) is -1.75. The summed E-state index contributed by atoms with van der Waals surface area (Å²) in [6, 6.07) is 0. The van der Waals surface area contributed by atoms with Crippen molar-refractivity contribution < 1.29 is 18.0 Å². The minimum absolute atomic E-state index is 0.0265. The third-order valence-electron chi connectivity index (χ3n) is 1.82. The summed E-state index contributed by atoms with van der Waals surface area (Å²) in [6.07, 6.45) is 3.90. The summed E-state index contributed by atoms with van der Waals surface area (Å²) in [5, 5.41) is 2.25. The highest BCUT2D eigenvalue weighted by Crippen LogP contribution is 2.08. The first kappa shape index (κ1) is 9.53. The number of nitrogens with one attached hydrogen (secondary N) is 1. The Hall–Kier alpha value is -2.02. The van der Waals surface area contributed by atoms with Gasteiger partial charge >= 0.3 is 11.8 Å². The molecule has 0 fully saturated rings. The number of aliphatic imine (C=N–C) groups is 1. The van der Waals surface area contributed by atoms with E-state index in [2.05, 4.69) is 10.3 Å². The van der Waals surface area contributed by atoms with Crippen LogP contribution in [0.1, 0.15) is 0 Å². The Balaban J connectivity index is 2.57. The van der Waals surface area contributed by atoms with Crippen LogP contribution in [0.4, 0.5) is 0 Å². The van der Waals surface area contributed by atoms with Crippen LogP contribution < -0.4 is 5.32 Å². The molecule has 0 radical (unpaired) electrons. The number of nitrogens with zero attached hydrogens (tertiary/aromatic N) is 1. The van der Waals surface area contributed by atoms with Crippen LogP contribution >= 0.6 is 0 Å². The first-order chi connectivity index (χ1) is 7.08. The van der Waals surface area contributed by atoms with E-state index >= 15 is 0 Å². The number of carbonyl (C=O) groups excluding carboxylic acids is 2. The van der Waals surface area contributed by atoms with Gasteiger partial charge in [0.05, 0.1) is 16.3 Å². The van der Waals surface area contributed by atoms with Gasteiger partial charge in [-0.15, -0.1) is 0 Å². The number of fused-ring (bicyclic) bond motifs is 1. The molecule has 76 valence electrons. The smallest absolute Gasteiger partial charge is 0.316 e. The zero-order chi connectivity index (χ0) is 11.0. The fraction of sp³-hybridized carbons (Fsp3) is 0. The molecule has 15 heavy (non-hydrogen) atoms. The lowest BCUT2D eigenvalue weighted by atomic mass is 10.1. The van der Waals surface area contributed by atoms with Crippen molar-refractivity contribution in [2.75, 3.05) is 0 Å². The highest BCUT2D eigenvalue weighted by atomic mass is 32.2. The SMILES string of the molecule is O=C1N=C2C=CC(=S(=O)=O)C=C2NC1=O. The van der Waals surface area contributed by atoms with E-state index in [4.69, 9.17) is 0 Å². The van der Waals surface area contributed by atoms with Gasteiger partial charge in [0.1, 0.15) is 0 Å². The first-order valence-electron chi connectivity index (χ1n) is 3.88. The first-order valence-corrected chi connectivity index (χ1v) is 4.96. The minimum atomic E-state index is -2.37. The van der Waals surface area contributed by atoms with Crippen molar-refractivity contribution in [3.63, 3.8) is 0 Å². The number of hydrogen-bond acceptors (Lipinski definition) is 4. The lowest BCUT2D eigenvalue weighted by Gasteiger charge is -2.15. The van der Waals surface area contributed by atoms with Gasteiger partial charge in [-0.2, -0.15) is 8.42 Å². The van der Waals surface area contributed by atoms with E-state index in [0.29, 0.717) is 0 Å². The topological polar surface area (TPSA) is 92.7 Å². The summed E-state index contributed by atoms with van der Waals surface area (Å²) >= 11 is 0. The van der Waals surface area contributed by atoms with Crippen molar-refractivity contribution in [1.29, 1.82) is 0 Å². The Kier molecular flexibility index (Phi) is 2.09. The normalized spacial score (nSPS) is 19.1. The van der Waals surface area contributed by atoms with E-state index in [9.17, 15) is 18.0 Å². The third-order valence-corrected chi connectivity index (χ3v) is 2.46. The zero-order valence-electron chi connectivity index (χ0n) is 7.22. The molecule has 0 unspecified atom stereocenters. The lowest BCUT2D eigenvalue weighted by Crippen LogP contribution is -2.38. The van der Waals surface area contributed by atoms with E-state index in [1.807, 2.05) is 0 Å². The van der Waals surface area contributed by atoms with Gasteiger partial charge in [-0.05, 0) is 18.2 Å². The standard InChI is InChI=1S/C8H4N2O4S/c11-7-8(12)10-6-3-4(15(13)14)1-2-5(6)9-7/h1-3H,(H,10,12). The molecule has 2 amide bonds. The van der Waals surface area contributed by atoms with E-state index in [1.54, 1.807) is 0 Å². The molecule has 0 saturated heterocycles. The van der Waals surface area contributed by atoms with E-state index < -0.39 is 22.1 Å². The molecule has 0 aromatic rings. The Bertz CT molecular complexity index is 584. The van der Waals surface area contributed by atoms with Crippen molar-refractivity contribution in [2.24, 2.45) is 4.99 Å². The second-order valence-corrected chi connectivity index (χ2v) is 3.73. The van der Waals surface area contributed by atoms with Crippen LogP contribution in [0.5, 0.6) is 0 Å².